The summed E-state index contributed by atoms with van der Waals surface area (Å²) >= 11 is 0. The van der Waals surface area contributed by atoms with Crippen LogP contribution in [-0.2, 0) is 4.74 Å². The van der Waals surface area contributed by atoms with Crippen LogP contribution in [0.1, 0.15) is 19.8 Å². The minimum absolute atomic E-state index is 0.111. The third kappa shape index (κ3) is 9.40. The van der Waals surface area contributed by atoms with Gasteiger partial charge in [-0.25, -0.2) is 0 Å². The molecular formula is C10H18O2. The van der Waals surface area contributed by atoms with Crippen LogP contribution in [-0.4, -0.2) is 24.9 Å². The van der Waals surface area contributed by atoms with E-state index in [1.54, 1.807) is 0 Å². The first-order chi connectivity index (χ1) is 5.91. The van der Waals surface area contributed by atoms with E-state index in [0.29, 0.717) is 13.2 Å². The fourth-order valence-corrected chi connectivity index (χ4v) is 0.707. The van der Waals surface area contributed by atoms with Gasteiger partial charge in [-0.3, -0.25) is 0 Å². The van der Waals surface area contributed by atoms with Crippen LogP contribution in [0.2, 0.25) is 0 Å². The van der Waals surface area contributed by atoms with E-state index in [1.807, 2.05) is 12.2 Å². The Bertz CT molecular complexity index is 128. The molecule has 0 atom stereocenters. The average Bonchev–Trinajstić information content (AvgIpc) is 2.10. The maximum Gasteiger partial charge on any atom is 0.0697 e. The van der Waals surface area contributed by atoms with E-state index in [4.69, 9.17) is 9.84 Å². The van der Waals surface area contributed by atoms with Crippen molar-refractivity contribution in [3.8, 4) is 0 Å². The summed E-state index contributed by atoms with van der Waals surface area (Å²) in [6.07, 6.45) is 10.2. The minimum atomic E-state index is 0.111. The van der Waals surface area contributed by atoms with Crippen molar-refractivity contribution in [3.05, 3.63) is 24.3 Å². The van der Waals surface area contributed by atoms with Crippen LogP contribution < -0.4 is 0 Å². The smallest absolute Gasteiger partial charge is 0.0697 e. The summed E-state index contributed by atoms with van der Waals surface area (Å²) in [6, 6.07) is 0. The predicted octanol–water partition coefficient (Wildman–Crippen LogP) is 1.91. The van der Waals surface area contributed by atoms with Crippen molar-refractivity contribution in [3.63, 3.8) is 0 Å². The fraction of sp³-hybridized carbons (Fsp3) is 0.600. The van der Waals surface area contributed by atoms with Gasteiger partial charge in [-0.1, -0.05) is 31.2 Å². The molecular weight excluding hydrogens is 152 g/mol. The van der Waals surface area contributed by atoms with Crippen molar-refractivity contribution in [1.82, 2.24) is 0 Å². The van der Waals surface area contributed by atoms with E-state index in [-0.39, 0.29) is 6.61 Å². The quantitative estimate of drug-likeness (QED) is 0.467. The number of rotatable bonds is 7. The lowest BCUT2D eigenvalue weighted by molar-refractivity contribution is 0.0955. The summed E-state index contributed by atoms with van der Waals surface area (Å²) in [5, 5.41) is 8.38. The number of hydrogen-bond donors (Lipinski definition) is 1. The topological polar surface area (TPSA) is 29.5 Å². The second-order valence-electron chi connectivity index (χ2n) is 2.39. The number of ether oxygens (including phenoxy) is 1. The summed E-state index contributed by atoms with van der Waals surface area (Å²) in [5.74, 6) is 0. The number of aliphatic hydroxyl groups is 1. The van der Waals surface area contributed by atoms with Gasteiger partial charge in [0.05, 0.1) is 19.8 Å². The van der Waals surface area contributed by atoms with Crippen LogP contribution in [0.4, 0.5) is 0 Å². The molecule has 0 aliphatic rings. The summed E-state index contributed by atoms with van der Waals surface area (Å²) < 4.78 is 5.06. The molecule has 0 bridgehead atoms. The van der Waals surface area contributed by atoms with Crippen LogP contribution in [0.5, 0.6) is 0 Å². The van der Waals surface area contributed by atoms with Crippen LogP contribution in [0.25, 0.3) is 0 Å². The van der Waals surface area contributed by atoms with Crippen molar-refractivity contribution >= 4 is 0 Å². The zero-order valence-electron chi connectivity index (χ0n) is 7.70. The fourth-order valence-electron chi connectivity index (χ4n) is 0.707. The Balaban J connectivity index is 3.07. The largest absolute Gasteiger partial charge is 0.394 e. The van der Waals surface area contributed by atoms with Gasteiger partial charge < -0.3 is 9.84 Å². The molecule has 0 aromatic rings. The zero-order chi connectivity index (χ0) is 9.07. The predicted molar refractivity (Wildman–Crippen MR) is 51.1 cm³/mol. The second-order valence-corrected chi connectivity index (χ2v) is 2.39. The van der Waals surface area contributed by atoms with Gasteiger partial charge in [0, 0.05) is 0 Å². The molecule has 2 nitrogen and oxygen atoms in total. The first-order valence-corrected chi connectivity index (χ1v) is 4.42. The van der Waals surface area contributed by atoms with Crippen molar-refractivity contribution in [2.45, 2.75) is 19.8 Å². The highest BCUT2D eigenvalue weighted by Crippen LogP contribution is 1.87. The van der Waals surface area contributed by atoms with E-state index in [1.165, 1.54) is 0 Å². The summed E-state index contributed by atoms with van der Waals surface area (Å²) in [7, 11) is 0. The first kappa shape index (κ1) is 11.4. The SMILES string of the molecule is CC/C=C/C=C/CCOCCO. The molecule has 12 heavy (non-hydrogen) atoms. The van der Waals surface area contributed by atoms with E-state index in [9.17, 15) is 0 Å². The average molecular weight is 170 g/mol. The highest BCUT2D eigenvalue weighted by molar-refractivity contribution is 5.01. The van der Waals surface area contributed by atoms with E-state index in [0.717, 1.165) is 12.8 Å². The summed E-state index contributed by atoms with van der Waals surface area (Å²) in [5.41, 5.74) is 0. The van der Waals surface area contributed by atoms with Crippen molar-refractivity contribution in [2.75, 3.05) is 19.8 Å². The lowest BCUT2D eigenvalue weighted by Gasteiger charge is -1.96. The Hall–Kier alpha value is -0.600. The summed E-state index contributed by atoms with van der Waals surface area (Å²) in [6.45, 7) is 3.35. The van der Waals surface area contributed by atoms with E-state index < -0.39 is 0 Å². The zero-order valence-corrected chi connectivity index (χ0v) is 7.70. The third-order valence-electron chi connectivity index (χ3n) is 1.28. The lowest BCUT2D eigenvalue weighted by atomic mass is 10.3. The highest BCUT2D eigenvalue weighted by Gasteiger charge is 1.81. The lowest BCUT2D eigenvalue weighted by Crippen LogP contribution is -1.99. The molecule has 0 heterocycles. The Morgan fingerprint density at radius 3 is 2.58 bits per heavy atom. The Labute approximate surface area is 74.6 Å². The van der Waals surface area contributed by atoms with Gasteiger partial charge in [-0.15, -0.1) is 0 Å². The van der Waals surface area contributed by atoms with Crippen LogP contribution in [0.15, 0.2) is 24.3 Å². The number of hydrogen-bond acceptors (Lipinski definition) is 2. The molecule has 0 aromatic carbocycles. The highest BCUT2D eigenvalue weighted by atomic mass is 16.5. The monoisotopic (exact) mass is 170 g/mol. The molecule has 0 aromatic heterocycles. The molecule has 0 spiro atoms. The van der Waals surface area contributed by atoms with Gasteiger partial charge in [-0.2, -0.15) is 0 Å². The normalized spacial score (nSPS) is 11.8. The molecule has 0 fully saturated rings. The molecule has 2 heteroatoms. The molecule has 0 aliphatic heterocycles. The van der Waals surface area contributed by atoms with Crippen LogP contribution in [0, 0.1) is 0 Å². The Morgan fingerprint density at radius 2 is 1.92 bits per heavy atom. The standard InChI is InChI=1S/C10H18O2/c1-2-3-4-5-6-7-9-12-10-8-11/h3-6,11H,2,7-10H2,1H3/b4-3+,6-5+. The maximum atomic E-state index is 8.38. The minimum Gasteiger partial charge on any atom is -0.394 e. The van der Waals surface area contributed by atoms with Crippen molar-refractivity contribution in [2.24, 2.45) is 0 Å². The van der Waals surface area contributed by atoms with Crippen LogP contribution in [0.3, 0.4) is 0 Å². The molecule has 0 aliphatic carbocycles. The molecule has 0 saturated carbocycles. The van der Waals surface area contributed by atoms with Gasteiger partial charge in [0.25, 0.3) is 0 Å². The van der Waals surface area contributed by atoms with Gasteiger partial charge in [0.1, 0.15) is 0 Å². The molecule has 1 N–H and O–H groups in total. The van der Waals surface area contributed by atoms with Crippen molar-refractivity contribution < 1.29 is 9.84 Å². The van der Waals surface area contributed by atoms with Gasteiger partial charge in [-0.05, 0) is 12.8 Å². The van der Waals surface area contributed by atoms with E-state index in [2.05, 4.69) is 19.1 Å². The van der Waals surface area contributed by atoms with Gasteiger partial charge in [0.2, 0.25) is 0 Å². The van der Waals surface area contributed by atoms with E-state index >= 15 is 0 Å². The molecule has 0 amide bonds. The van der Waals surface area contributed by atoms with Crippen LogP contribution >= 0.6 is 0 Å². The maximum absolute atomic E-state index is 8.38. The molecule has 0 saturated heterocycles. The van der Waals surface area contributed by atoms with Gasteiger partial charge >= 0.3 is 0 Å². The molecule has 70 valence electrons. The Morgan fingerprint density at radius 1 is 1.17 bits per heavy atom. The number of allylic oxidation sites excluding steroid dienone is 3. The summed E-state index contributed by atoms with van der Waals surface area (Å²) in [4.78, 5) is 0. The molecule has 0 unspecified atom stereocenters. The van der Waals surface area contributed by atoms with Crippen molar-refractivity contribution in [1.29, 1.82) is 0 Å². The molecule has 0 radical (unpaired) electrons. The molecule has 0 rings (SSSR count). The second kappa shape index (κ2) is 10.4. The first-order valence-electron chi connectivity index (χ1n) is 4.42. The van der Waals surface area contributed by atoms with Gasteiger partial charge in [0.15, 0.2) is 0 Å². The number of aliphatic hydroxyl groups excluding tert-OH is 1. The Kier molecular flexibility index (Phi) is 9.88. The third-order valence-corrected chi connectivity index (χ3v) is 1.28.